The van der Waals surface area contributed by atoms with Gasteiger partial charge in [0.2, 0.25) is 0 Å². The highest BCUT2D eigenvalue weighted by atomic mass is 16.5. The fourth-order valence-electron chi connectivity index (χ4n) is 1.99. The molecule has 0 aromatic heterocycles. The van der Waals surface area contributed by atoms with Crippen LogP contribution in [0, 0.1) is 13.8 Å². The van der Waals surface area contributed by atoms with E-state index in [1.807, 2.05) is 57.2 Å². The van der Waals surface area contributed by atoms with E-state index in [0.717, 1.165) is 11.1 Å². The molecule has 2 aromatic rings. The molecule has 0 fully saturated rings. The van der Waals surface area contributed by atoms with E-state index < -0.39 is 0 Å². The van der Waals surface area contributed by atoms with E-state index in [9.17, 15) is 4.79 Å². The van der Waals surface area contributed by atoms with Gasteiger partial charge in [0.15, 0.2) is 0 Å². The SMILES string of the molecule is CCOc1cc(C)ccc1NC(=O)c1cccc(C)c1. The number of anilines is 1. The second kappa shape index (κ2) is 6.24. The van der Waals surface area contributed by atoms with E-state index in [4.69, 9.17) is 4.74 Å². The summed E-state index contributed by atoms with van der Waals surface area (Å²) in [4.78, 5) is 12.2. The Morgan fingerprint density at radius 3 is 2.55 bits per heavy atom. The number of amides is 1. The van der Waals surface area contributed by atoms with Crippen molar-refractivity contribution in [3.63, 3.8) is 0 Å². The molecule has 2 rings (SSSR count). The van der Waals surface area contributed by atoms with Crippen LogP contribution in [0.25, 0.3) is 0 Å². The third kappa shape index (κ3) is 3.38. The molecule has 1 N–H and O–H groups in total. The van der Waals surface area contributed by atoms with Crippen LogP contribution in [0.5, 0.6) is 5.75 Å². The molecular formula is C17H19NO2. The van der Waals surface area contributed by atoms with Crippen LogP contribution in [0.15, 0.2) is 42.5 Å². The summed E-state index contributed by atoms with van der Waals surface area (Å²) in [6.07, 6.45) is 0. The molecule has 0 saturated heterocycles. The molecule has 0 spiro atoms. The summed E-state index contributed by atoms with van der Waals surface area (Å²) < 4.78 is 5.56. The number of nitrogens with one attached hydrogen (secondary N) is 1. The summed E-state index contributed by atoms with van der Waals surface area (Å²) >= 11 is 0. The average Bonchev–Trinajstić information content (AvgIpc) is 2.42. The molecule has 0 radical (unpaired) electrons. The Kier molecular flexibility index (Phi) is 4.41. The van der Waals surface area contributed by atoms with Gasteiger partial charge in [-0.1, -0.05) is 23.8 Å². The van der Waals surface area contributed by atoms with Crippen LogP contribution in [0.4, 0.5) is 5.69 Å². The Bertz CT molecular complexity index is 620. The highest BCUT2D eigenvalue weighted by Crippen LogP contribution is 2.26. The third-order valence-electron chi connectivity index (χ3n) is 2.97. The van der Waals surface area contributed by atoms with Gasteiger partial charge >= 0.3 is 0 Å². The zero-order valence-electron chi connectivity index (χ0n) is 12.1. The maximum absolute atomic E-state index is 12.2. The minimum atomic E-state index is -0.126. The zero-order chi connectivity index (χ0) is 14.5. The maximum atomic E-state index is 12.2. The van der Waals surface area contributed by atoms with Gasteiger partial charge in [0.25, 0.3) is 5.91 Å². The van der Waals surface area contributed by atoms with Gasteiger partial charge in [0.05, 0.1) is 12.3 Å². The Balaban J connectivity index is 2.23. The molecule has 1 amide bonds. The Labute approximate surface area is 119 Å². The van der Waals surface area contributed by atoms with Gasteiger partial charge < -0.3 is 10.1 Å². The van der Waals surface area contributed by atoms with Gasteiger partial charge in [-0.2, -0.15) is 0 Å². The second-order valence-corrected chi connectivity index (χ2v) is 4.76. The molecule has 104 valence electrons. The largest absolute Gasteiger partial charge is 0.492 e. The van der Waals surface area contributed by atoms with Crippen molar-refractivity contribution in [1.82, 2.24) is 0 Å². The number of carbonyl (C=O) groups is 1. The van der Waals surface area contributed by atoms with Crippen molar-refractivity contribution < 1.29 is 9.53 Å². The first-order valence-corrected chi connectivity index (χ1v) is 6.71. The summed E-state index contributed by atoms with van der Waals surface area (Å²) in [7, 11) is 0. The van der Waals surface area contributed by atoms with Crippen molar-refractivity contribution in [1.29, 1.82) is 0 Å². The summed E-state index contributed by atoms with van der Waals surface area (Å²) in [6, 6.07) is 13.3. The number of rotatable bonds is 4. The Hall–Kier alpha value is -2.29. The van der Waals surface area contributed by atoms with Crippen molar-refractivity contribution in [2.45, 2.75) is 20.8 Å². The molecule has 0 unspecified atom stereocenters. The summed E-state index contributed by atoms with van der Waals surface area (Å²) in [6.45, 7) is 6.45. The van der Waals surface area contributed by atoms with E-state index in [1.165, 1.54) is 0 Å². The minimum absolute atomic E-state index is 0.126. The lowest BCUT2D eigenvalue weighted by atomic mass is 10.1. The molecule has 0 heterocycles. The number of ether oxygens (including phenoxy) is 1. The molecule has 3 heteroatoms. The predicted molar refractivity (Wildman–Crippen MR) is 81.5 cm³/mol. The monoisotopic (exact) mass is 269 g/mol. The van der Waals surface area contributed by atoms with E-state index >= 15 is 0 Å². The van der Waals surface area contributed by atoms with Crippen molar-refractivity contribution in [2.24, 2.45) is 0 Å². The summed E-state index contributed by atoms with van der Waals surface area (Å²) in [5.74, 6) is 0.576. The first kappa shape index (κ1) is 14.1. The summed E-state index contributed by atoms with van der Waals surface area (Å²) in [5, 5.41) is 2.90. The van der Waals surface area contributed by atoms with Crippen LogP contribution in [0.3, 0.4) is 0 Å². The Morgan fingerprint density at radius 1 is 1.10 bits per heavy atom. The van der Waals surface area contributed by atoms with Crippen molar-refractivity contribution >= 4 is 11.6 Å². The first-order valence-electron chi connectivity index (χ1n) is 6.71. The van der Waals surface area contributed by atoms with Crippen LogP contribution in [-0.4, -0.2) is 12.5 Å². The second-order valence-electron chi connectivity index (χ2n) is 4.76. The molecule has 0 aliphatic rings. The molecule has 0 atom stereocenters. The fourth-order valence-corrected chi connectivity index (χ4v) is 1.99. The van der Waals surface area contributed by atoms with Gasteiger partial charge in [-0.3, -0.25) is 4.79 Å². The quantitative estimate of drug-likeness (QED) is 0.912. The zero-order valence-corrected chi connectivity index (χ0v) is 12.1. The van der Waals surface area contributed by atoms with Crippen LogP contribution in [-0.2, 0) is 0 Å². The number of hydrogen-bond donors (Lipinski definition) is 1. The van der Waals surface area contributed by atoms with Crippen LogP contribution in [0.1, 0.15) is 28.4 Å². The van der Waals surface area contributed by atoms with Crippen molar-refractivity contribution in [3.05, 3.63) is 59.2 Å². The van der Waals surface area contributed by atoms with E-state index in [0.29, 0.717) is 23.6 Å². The van der Waals surface area contributed by atoms with Gasteiger partial charge in [-0.05, 0) is 50.6 Å². The standard InChI is InChI=1S/C17H19NO2/c1-4-20-16-11-13(3)8-9-15(16)18-17(19)14-7-5-6-12(2)10-14/h5-11H,4H2,1-3H3,(H,18,19). The lowest BCUT2D eigenvalue weighted by Gasteiger charge is -2.12. The van der Waals surface area contributed by atoms with Gasteiger partial charge in [0.1, 0.15) is 5.75 Å². The fraction of sp³-hybridized carbons (Fsp3) is 0.235. The van der Waals surface area contributed by atoms with Crippen molar-refractivity contribution in [2.75, 3.05) is 11.9 Å². The van der Waals surface area contributed by atoms with Gasteiger partial charge in [-0.25, -0.2) is 0 Å². The minimum Gasteiger partial charge on any atom is -0.492 e. The highest BCUT2D eigenvalue weighted by Gasteiger charge is 2.10. The molecule has 3 nitrogen and oxygen atoms in total. The lowest BCUT2D eigenvalue weighted by Crippen LogP contribution is -2.13. The summed E-state index contributed by atoms with van der Waals surface area (Å²) in [5.41, 5.74) is 3.51. The topological polar surface area (TPSA) is 38.3 Å². The first-order chi connectivity index (χ1) is 9.60. The predicted octanol–water partition coefficient (Wildman–Crippen LogP) is 3.95. The average molecular weight is 269 g/mol. The van der Waals surface area contributed by atoms with E-state index in [1.54, 1.807) is 6.07 Å². The van der Waals surface area contributed by atoms with E-state index in [2.05, 4.69) is 5.32 Å². The normalized spacial score (nSPS) is 10.2. The lowest BCUT2D eigenvalue weighted by molar-refractivity contribution is 0.102. The number of aryl methyl sites for hydroxylation is 2. The molecule has 0 saturated carbocycles. The van der Waals surface area contributed by atoms with Crippen LogP contribution in [0.2, 0.25) is 0 Å². The molecule has 2 aromatic carbocycles. The molecular weight excluding hydrogens is 250 g/mol. The van der Waals surface area contributed by atoms with Gasteiger partial charge in [-0.15, -0.1) is 0 Å². The Morgan fingerprint density at radius 2 is 1.85 bits per heavy atom. The third-order valence-corrected chi connectivity index (χ3v) is 2.97. The molecule has 20 heavy (non-hydrogen) atoms. The van der Waals surface area contributed by atoms with Crippen LogP contribution < -0.4 is 10.1 Å². The van der Waals surface area contributed by atoms with Gasteiger partial charge in [0, 0.05) is 5.56 Å². The molecule has 0 aliphatic heterocycles. The molecule has 0 bridgehead atoms. The van der Waals surface area contributed by atoms with Crippen LogP contribution >= 0.6 is 0 Å². The smallest absolute Gasteiger partial charge is 0.255 e. The maximum Gasteiger partial charge on any atom is 0.255 e. The van der Waals surface area contributed by atoms with Crippen molar-refractivity contribution in [3.8, 4) is 5.75 Å². The number of carbonyl (C=O) groups excluding carboxylic acids is 1. The number of benzene rings is 2. The van der Waals surface area contributed by atoms with E-state index in [-0.39, 0.29) is 5.91 Å². The highest BCUT2D eigenvalue weighted by molar-refractivity contribution is 6.05. The molecule has 0 aliphatic carbocycles. The number of hydrogen-bond acceptors (Lipinski definition) is 2.